The summed E-state index contributed by atoms with van der Waals surface area (Å²) in [5, 5.41) is 14.2. The Balaban J connectivity index is 3.21. The normalized spacial score (nSPS) is 10.7. The zero-order chi connectivity index (χ0) is 9.30. The molecule has 0 saturated heterocycles. The molecule has 0 bridgehead atoms. The Kier molecular flexibility index (Phi) is 2.17. The maximum Gasteiger partial charge on any atom is 0.142 e. The van der Waals surface area contributed by atoms with Gasteiger partial charge in [0.2, 0.25) is 0 Å². The minimum Gasteiger partial charge on any atom is -0.545 e. The highest BCUT2D eigenvalue weighted by Gasteiger charge is 2.15. The number of carbonyl (C=O) groups excluding carboxylic acids is 1. The summed E-state index contributed by atoms with van der Waals surface area (Å²) in [6.45, 7) is 5.26. The first kappa shape index (κ1) is 8.77. The highest BCUT2D eigenvalue weighted by atomic mass is 16.5. The molecule has 0 N–H and O–H groups in total. The van der Waals surface area contributed by atoms with Crippen molar-refractivity contribution in [1.29, 1.82) is 0 Å². The van der Waals surface area contributed by atoms with Crippen LogP contribution < -0.4 is 5.11 Å². The Morgan fingerprint density at radius 2 is 2.17 bits per heavy atom. The van der Waals surface area contributed by atoms with Crippen LogP contribution in [-0.4, -0.2) is 11.1 Å². The maximum absolute atomic E-state index is 10.6. The molecule has 1 aromatic heterocycles. The number of aromatic carboxylic acids is 1. The van der Waals surface area contributed by atoms with E-state index in [1.54, 1.807) is 6.92 Å². The summed E-state index contributed by atoms with van der Waals surface area (Å²) < 4.78 is 4.75. The SMILES string of the molecule is Cc1onc(C(C)C)c1C(=O)[O-]. The molecule has 0 spiro atoms. The number of hydrogen-bond donors (Lipinski definition) is 0. The van der Waals surface area contributed by atoms with Crippen molar-refractivity contribution in [1.82, 2.24) is 5.16 Å². The number of carboxylic acid groups (broad SMARTS) is 1. The van der Waals surface area contributed by atoms with E-state index in [0.29, 0.717) is 11.5 Å². The number of aromatic nitrogens is 1. The van der Waals surface area contributed by atoms with Gasteiger partial charge in [0.05, 0.1) is 17.2 Å². The summed E-state index contributed by atoms with van der Waals surface area (Å²) in [6.07, 6.45) is 0. The summed E-state index contributed by atoms with van der Waals surface area (Å²) in [5.41, 5.74) is 0.539. The summed E-state index contributed by atoms with van der Waals surface area (Å²) in [5.74, 6) is -0.883. The highest BCUT2D eigenvalue weighted by molar-refractivity contribution is 5.88. The van der Waals surface area contributed by atoms with E-state index in [-0.39, 0.29) is 11.5 Å². The molecule has 1 heterocycles. The molecule has 0 aliphatic heterocycles. The lowest BCUT2D eigenvalue weighted by molar-refractivity contribution is -0.255. The fourth-order valence-electron chi connectivity index (χ4n) is 1.03. The lowest BCUT2D eigenvalue weighted by Gasteiger charge is -2.04. The van der Waals surface area contributed by atoms with E-state index in [2.05, 4.69) is 5.16 Å². The first-order valence-electron chi connectivity index (χ1n) is 3.71. The molecule has 0 aliphatic rings. The van der Waals surface area contributed by atoms with E-state index >= 15 is 0 Å². The van der Waals surface area contributed by atoms with E-state index in [0.717, 1.165) is 0 Å². The van der Waals surface area contributed by atoms with Gasteiger partial charge in [-0.2, -0.15) is 0 Å². The Morgan fingerprint density at radius 3 is 2.50 bits per heavy atom. The van der Waals surface area contributed by atoms with E-state index in [4.69, 9.17) is 4.52 Å². The van der Waals surface area contributed by atoms with Gasteiger partial charge in [0.25, 0.3) is 0 Å². The molecule has 66 valence electrons. The van der Waals surface area contributed by atoms with Crippen LogP contribution in [0.2, 0.25) is 0 Å². The minimum atomic E-state index is -1.22. The van der Waals surface area contributed by atoms with Crippen LogP contribution in [0.3, 0.4) is 0 Å². The zero-order valence-electron chi connectivity index (χ0n) is 7.25. The van der Waals surface area contributed by atoms with E-state index in [9.17, 15) is 9.90 Å². The van der Waals surface area contributed by atoms with Crippen molar-refractivity contribution in [2.75, 3.05) is 0 Å². The van der Waals surface area contributed by atoms with Crippen LogP contribution in [0.15, 0.2) is 4.52 Å². The van der Waals surface area contributed by atoms with Crippen LogP contribution in [-0.2, 0) is 0 Å². The van der Waals surface area contributed by atoms with Crippen molar-refractivity contribution in [3.05, 3.63) is 17.0 Å². The highest BCUT2D eigenvalue weighted by Crippen LogP contribution is 2.20. The van der Waals surface area contributed by atoms with Crippen molar-refractivity contribution < 1.29 is 14.4 Å². The Hall–Kier alpha value is -1.32. The van der Waals surface area contributed by atoms with Crippen molar-refractivity contribution in [2.24, 2.45) is 0 Å². The van der Waals surface area contributed by atoms with Gasteiger partial charge >= 0.3 is 0 Å². The minimum absolute atomic E-state index is 0.0374. The monoisotopic (exact) mass is 168 g/mol. The van der Waals surface area contributed by atoms with Gasteiger partial charge in [0.1, 0.15) is 5.76 Å². The molecule has 12 heavy (non-hydrogen) atoms. The molecule has 0 atom stereocenters. The fourth-order valence-corrected chi connectivity index (χ4v) is 1.03. The predicted octanol–water partition coefficient (Wildman–Crippen LogP) is 0.470. The summed E-state index contributed by atoms with van der Waals surface area (Å²) in [4.78, 5) is 10.6. The van der Waals surface area contributed by atoms with Crippen LogP contribution in [0.25, 0.3) is 0 Å². The average Bonchev–Trinajstić information content (AvgIpc) is 2.30. The third-order valence-electron chi connectivity index (χ3n) is 1.64. The fraction of sp³-hybridized carbons (Fsp3) is 0.500. The quantitative estimate of drug-likeness (QED) is 0.643. The predicted molar refractivity (Wildman–Crippen MR) is 39.7 cm³/mol. The number of rotatable bonds is 2. The molecule has 0 saturated carbocycles. The summed E-state index contributed by atoms with van der Waals surface area (Å²) in [6, 6.07) is 0. The van der Waals surface area contributed by atoms with Crippen molar-refractivity contribution >= 4 is 5.97 Å². The van der Waals surface area contributed by atoms with Crippen LogP contribution >= 0.6 is 0 Å². The molecule has 0 amide bonds. The second-order valence-corrected chi connectivity index (χ2v) is 2.94. The van der Waals surface area contributed by atoms with E-state index in [1.165, 1.54) is 0 Å². The number of carbonyl (C=O) groups is 1. The number of nitrogens with zero attached hydrogens (tertiary/aromatic N) is 1. The summed E-state index contributed by atoms with van der Waals surface area (Å²) >= 11 is 0. The van der Waals surface area contributed by atoms with Crippen LogP contribution in [0.4, 0.5) is 0 Å². The third-order valence-corrected chi connectivity index (χ3v) is 1.64. The topological polar surface area (TPSA) is 66.2 Å². The molecule has 1 aromatic rings. The number of hydrogen-bond acceptors (Lipinski definition) is 4. The van der Waals surface area contributed by atoms with Gasteiger partial charge in [-0.05, 0) is 12.8 Å². The van der Waals surface area contributed by atoms with Crippen LogP contribution in [0.5, 0.6) is 0 Å². The molecular weight excluding hydrogens is 158 g/mol. The molecule has 1 rings (SSSR count). The van der Waals surface area contributed by atoms with E-state index in [1.807, 2.05) is 13.8 Å². The Morgan fingerprint density at radius 1 is 1.58 bits per heavy atom. The van der Waals surface area contributed by atoms with E-state index < -0.39 is 5.97 Å². The van der Waals surface area contributed by atoms with Gasteiger partial charge in [-0.3, -0.25) is 0 Å². The second-order valence-electron chi connectivity index (χ2n) is 2.94. The van der Waals surface area contributed by atoms with Gasteiger partial charge in [0.15, 0.2) is 0 Å². The standard InChI is InChI=1S/C8H11NO3/c1-4(2)7-6(8(10)11)5(3)12-9-7/h4H,1-3H3,(H,10,11)/p-1. The molecule has 0 aromatic carbocycles. The molecule has 0 aliphatic carbocycles. The Labute approximate surface area is 70.2 Å². The summed E-state index contributed by atoms with van der Waals surface area (Å²) in [7, 11) is 0. The number of aryl methyl sites for hydroxylation is 1. The molecule has 0 fully saturated rings. The lowest BCUT2D eigenvalue weighted by Crippen LogP contribution is -2.24. The average molecular weight is 168 g/mol. The number of carboxylic acids is 1. The molecule has 0 radical (unpaired) electrons. The van der Waals surface area contributed by atoms with Crippen molar-refractivity contribution in [3.8, 4) is 0 Å². The molecule has 0 unspecified atom stereocenters. The smallest absolute Gasteiger partial charge is 0.142 e. The Bertz CT molecular complexity index is 301. The zero-order valence-corrected chi connectivity index (χ0v) is 7.25. The lowest BCUT2D eigenvalue weighted by atomic mass is 10.0. The first-order valence-corrected chi connectivity index (χ1v) is 3.71. The maximum atomic E-state index is 10.6. The third kappa shape index (κ3) is 1.32. The molecule has 4 heteroatoms. The van der Waals surface area contributed by atoms with Crippen LogP contribution in [0, 0.1) is 6.92 Å². The van der Waals surface area contributed by atoms with Gasteiger partial charge in [-0.1, -0.05) is 19.0 Å². The molecular formula is C8H10NO3-. The van der Waals surface area contributed by atoms with Gasteiger partial charge < -0.3 is 14.4 Å². The van der Waals surface area contributed by atoms with Crippen molar-refractivity contribution in [2.45, 2.75) is 26.7 Å². The second kappa shape index (κ2) is 2.97. The van der Waals surface area contributed by atoms with Gasteiger partial charge in [0, 0.05) is 0 Å². The first-order chi connectivity index (χ1) is 5.54. The molecule has 4 nitrogen and oxygen atoms in total. The van der Waals surface area contributed by atoms with Crippen molar-refractivity contribution in [3.63, 3.8) is 0 Å². The van der Waals surface area contributed by atoms with Crippen LogP contribution in [0.1, 0.15) is 41.6 Å². The van der Waals surface area contributed by atoms with Gasteiger partial charge in [-0.25, -0.2) is 0 Å². The van der Waals surface area contributed by atoms with Gasteiger partial charge in [-0.15, -0.1) is 0 Å². The largest absolute Gasteiger partial charge is 0.545 e.